The number of sulfonamides is 1. The lowest BCUT2D eigenvalue weighted by Gasteiger charge is -2.18. The van der Waals surface area contributed by atoms with Crippen LogP contribution < -0.4 is 21.1 Å². The van der Waals surface area contributed by atoms with Crippen LogP contribution in [0, 0.1) is 6.92 Å². The van der Waals surface area contributed by atoms with Crippen LogP contribution in [0.25, 0.3) is 10.8 Å². The van der Waals surface area contributed by atoms with Gasteiger partial charge in [-0.1, -0.05) is 48.5 Å². The second-order valence-electron chi connectivity index (χ2n) is 8.01. The molecule has 0 unspecified atom stereocenters. The quantitative estimate of drug-likeness (QED) is 0.403. The number of hydrogen-bond acceptors (Lipinski definition) is 5. The van der Waals surface area contributed by atoms with Crippen molar-refractivity contribution >= 4 is 38.3 Å². The Bertz CT molecular complexity index is 1290. The molecule has 0 fully saturated rings. The molecule has 0 aromatic heterocycles. The van der Waals surface area contributed by atoms with Crippen LogP contribution in [0.3, 0.4) is 0 Å². The van der Waals surface area contributed by atoms with Crippen molar-refractivity contribution in [2.24, 2.45) is 5.73 Å². The molecule has 0 saturated carbocycles. The second kappa shape index (κ2) is 10.1. The molecule has 5 N–H and O–H groups in total. The predicted octanol–water partition coefficient (Wildman–Crippen LogP) is 2.45. The summed E-state index contributed by atoms with van der Waals surface area (Å²) in [6, 6.07) is 17.6. The molecule has 0 aliphatic carbocycles. The molecule has 0 saturated heterocycles. The lowest BCUT2D eigenvalue weighted by Crippen LogP contribution is -2.45. The summed E-state index contributed by atoms with van der Waals surface area (Å²) >= 11 is 0. The first kappa shape index (κ1) is 24.4. The first-order valence-electron chi connectivity index (χ1n) is 10.5. The maximum atomic E-state index is 13.0. The average molecular weight is 469 g/mol. The van der Waals surface area contributed by atoms with E-state index in [9.17, 15) is 18.0 Å². The molecule has 0 aliphatic heterocycles. The van der Waals surface area contributed by atoms with Crippen molar-refractivity contribution in [3.63, 3.8) is 0 Å². The third-order valence-corrected chi connectivity index (χ3v) is 5.98. The van der Waals surface area contributed by atoms with Gasteiger partial charge in [-0.15, -0.1) is 0 Å². The SMILES string of the molecule is Cc1ccc(NC(=O)[C@@H](N)CNS(C)(=O)=O)cc1C(=O)N[C@H](C)c1cccc2ccccc12. The molecule has 0 aliphatic rings. The van der Waals surface area contributed by atoms with Gasteiger partial charge >= 0.3 is 0 Å². The third kappa shape index (κ3) is 6.38. The van der Waals surface area contributed by atoms with Gasteiger partial charge in [-0.3, -0.25) is 9.59 Å². The number of carbonyl (C=O) groups is 2. The van der Waals surface area contributed by atoms with E-state index >= 15 is 0 Å². The topological polar surface area (TPSA) is 130 Å². The van der Waals surface area contributed by atoms with E-state index in [1.54, 1.807) is 18.2 Å². The van der Waals surface area contributed by atoms with Gasteiger partial charge in [0, 0.05) is 17.8 Å². The van der Waals surface area contributed by atoms with Crippen LogP contribution in [0.2, 0.25) is 0 Å². The zero-order chi connectivity index (χ0) is 24.2. The number of nitrogens with two attached hydrogens (primary N) is 1. The third-order valence-electron chi connectivity index (χ3n) is 5.29. The Kier molecular flexibility index (Phi) is 7.47. The molecular weight excluding hydrogens is 440 g/mol. The molecule has 0 heterocycles. The molecule has 8 nitrogen and oxygen atoms in total. The molecule has 3 aromatic carbocycles. The van der Waals surface area contributed by atoms with Crippen LogP contribution in [0.4, 0.5) is 5.69 Å². The molecule has 33 heavy (non-hydrogen) atoms. The molecule has 174 valence electrons. The summed E-state index contributed by atoms with van der Waals surface area (Å²) < 4.78 is 24.6. The van der Waals surface area contributed by atoms with E-state index in [4.69, 9.17) is 5.73 Å². The van der Waals surface area contributed by atoms with E-state index in [-0.39, 0.29) is 18.5 Å². The molecule has 0 spiro atoms. The van der Waals surface area contributed by atoms with E-state index in [1.807, 2.05) is 56.3 Å². The van der Waals surface area contributed by atoms with Crippen LogP contribution in [-0.2, 0) is 14.8 Å². The molecule has 2 atom stereocenters. The number of carbonyl (C=O) groups excluding carboxylic acids is 2. The highest BCUT2D eigenvalue weighted by Crippen LogP contribution is 2.25. The molecule has 0 radical (unpaired) electrons. The van der Waals surface area contributed by atoms with Gasteiger partial charge in [-0.2, -0.15) is 0 Å². The Labute approximate surface area is 193 Å². The minimum absolute atomic E-state index is 0.230. The lowest BCUT2D eigenvalue weighted by molar-refractivity contribution is -0.117. The standard InChI is InChI=1S/C24H28N4O4S/c1-15-11-12-18(28-24(30)22(25)14-26-33(3,31)32)13-21(15)23(29)27-16(2)19-10-6-8-17-7-4-5-9-20(17)19/h4-13,16,22,26H,14,25H2,1-3H3,(H,27,29)(H,28,30)/t16-,22+/m1/s1. The van der Waals surface area contributed by atoms with Gasteiger partial charge in [-0.25, -0.2) is 13.1 Å². The fourth-order valence-electron chi connectivity index (χ4n) is 3.49. The number of benzene rings is 3. The van der Waals surface area contributed by atoms with Crippen LogP contribution >= 0.6 is 0 Å². The predicted molar refractivity (Wildman–Crippen MR) is 130 cm³/mol. The second-order valence-corrected chi connectivity index (χ2v) is 9.84. The molecule has 0 bridgehead atoms. The number of nitrogens with one attached hydrogen (secondary N) is 3. The number of hydrogen-bond donors (Lipinski definition) is 4. The van der Waals surface area contributed by atoms with Gasteiger partial charge in [0.25, 0.3) is 5.91 Å². The number of rotatable bonds is 8. The Morgan fingerprint density at radius 3 is 2.45 bits per heavy atom. The smallest absolute Gasteiger partial charge is 0.252 e. The number of aryl methyl sites for hydroxylation is 1. The summed E-state index contributed by atoms with van der Waals surface area (Å²) in [6.07, 6.45) is 0.988. The fraction of sp³-hybridized carbons (Fsp3) is 0.250. The Morgan fingerprint density at radius 1 is 1.03 bits per heavy atom. The van der Waals surface area contributed by atoms with E-state index in [2.05, 4.69) is 15.4 Å². The van der Waals surface area contributed by atoms with Crippen molar-refractivity contribution in [2.45, 2.75) is 25.9 Å². The minimum Gasteiger partial charge on any atom is -0.345 e. The Hall–Kier alpha value is -3.27. The summed E-state index contributed by atoms with van der Waals surface area (Å²) in [5.41, 5.74) is 8.32. The zero-order valence-electron chi connectivity index (χ0n) is 18.8. The van der Waals surface area contributed by atoms with Crippen LogP contribution in [0.15, 0.2) is 60.7 Å². The van der Waals surface area contributed by atoms with Crippen molar-refractivity contribution in [3.8, 4) is 0 Å². The molecule has 3 aromatic rings. The van der Waals surface area contributed by atoms with Gasteiger partial charge in [0.1, 0.15) is 0 Å². The summed E-state index contributed by atoms with van der Waals surface area (Å²) in [4.78, 5) is 25.4. The van der Waals surface area contributed by atoms with Gasteiger partial charge < -0.3 is 16.4 Å². The number of fused-ring (bicyclic) bond motifs is 1. The maximum Gasteiger partial charge on any atom is 0.252 e. The van der Waals surface area contributed by atoms with Crippen LogP contribution in [0.1, 0.15) is 34.5 Å². The van der Waals surface area contributed by atoms with Gasteiger partial charge in [0.15, 0.2) is 0 Å². The Balaban J connectivity index is 1.73. The van der Waals surface area contributed by atoms with E-state index < -0.39 is 22.0 Å². The van der Waals surface area contributed by atoms with Crippen molar-refractivity contribution in [2.75, 3.05) is 18.1 Å². The lowest BCUT2D eigenvalue weighted by atomic mass is 9.99. The first-order valence-corrected chi connectivity index (χ1v) is 12.3. The maximum absolute atomic E-state index is 13.0. The van der Waals surface area contributed by atoms with E-state index in [1.165, 1.54) is 0 Å². The summed E-state index contributed by atoms with van der Waals surface area (Å²) in [5.74, 6) is -0.836. The highest BCUT2D eigenvalue weighted by molar-refractivity contribution is 7.88. The van der Waals surface area contributed by atoms with Gasteiger partial charge in [0.05, 0.1) is 18.3 Å². The van der Waals surface area contributed by atoms with Crippen molar-refractivity contribution < 1.29 is 18.0 Å². The van der Waals surface area contributed by atoms with E-state index in [0.717, 1.165) is 28.2 Å². The Morgan fingerprint density at radius 2 is 1.73 bits per heavy atom. The van der Waals surface area contributed by atoms with E-state index in [0.29, 0.717) is 11.3 Å². The van der Waals surface area contributed by atoms with Gasteiger partial charge in [0.2, 0.25) is 15.9 Å². The number of anilines is 1. The fourth-order valence-corrected chi connectivity index (χ4v) is 3.98. The number of amides is 2. The molecular formula is C24H28N4O4S. The largest absolute Gasteiger partial charge is 0.345 e. The highest BCUT2D eigenvalue weighted by atomic mass is 32.2. The molecule has 2 amide bonds. The zero-order valence-corrected chi connectivity index (χ0v) is 19.6. The van der Waals surface area contributed by atoms with Crippen LogP contribution in [-0.4, -0.2) is 39.1 Å². The minimum atomic E-state index is -3.46. The molecule has 9 heteroatoms. The molecule has 3 rings (SSSR count). The average Bonchev–Trinajstić information content (AvgIpc) is 2.77. The van der Waals surface area contributed by atoms with Crippen molar-refractivity contribution in [3.05, 3.63) is 77.4 Å². The summed E-state index contributed by atoms with van der Waals surface area (Å²) in [7, 11) is -3.46. The highest BCUT2D eigenvalue weighted by Gasteiger charge is 2.18. The van der Waals surface area contributed by atoms with Gasteiger partial charge in [-0.05, 0) is 47.9 Å². The van der Waals surface area contributed by atoms with Crippen molar-refractivity contribution in [1.29, 1.82) is 0 Å². The first-order chi connectivity index (χ1) is 15.5. The monoisotopic (exact) mass is 468 g/mol. The summed E-state index contributed by atoms with van der Waals surface area (Å²) in [5, 5.41) is 7.83. The normalized spacial score (nSPS) is 13.3. The van der Waals surface area contributed by atoms with Crippen LogP contribution in [0.5, 0.6) is 0 Å². The van der Waals surface area contributed by atoms with Crippen molar-refractivity contribution in [1.82, 2.24) is 10.0 Å². The summed E-state index contributed by atoms with van der Waals surface area (Å²) in [6.45, 7) is 3.51.